The monoisotopic (exact) mass is 408 g/mol. The molecule has 0 fully saturated rings. The average molecular weight is 409 g/mol. The van der Waals surface area contributed by atoms with Crippen molar-refractivity contribution in [2.45, 2.75) is 31.7 Å². The van der Waals surface area contributed by atoms with E-state index in [1.165, 1.54) is 0 Å². The summed E-state index contributed by atoms with van der Waals surface area (Å²) >= 11 is 0. The molecule has 1 atom stereocenters. The van der Waals surface area contributed by atoms with Crippen LogP contribution in [0.15, 0.2) is 77.7 Å². The van der Waals surface area contributed by atoms with Crippen molar-refractivity contribution < 1.29 is 13.2 Å². The van der Waals surface area contributed by atoms with Gasteiger partial charge in [-0.2, -0.15) is 0 Å². The van der Waals surface area contributed by atoms with Crippen LogP contribution < -0.4 is 10.0 Å². The summed E-state index contributed by atoms with van der Waals surface area (Å²) in [5, 5.41) is 2.94. The molecule has 0 aromatic heterocycles. The predicted octanol–water partition coefficient (Wildman–Crippen LogP) is 4.60. The first-order chi connectivity index (χ1) is 13.8. The Labute approximate surface area is 171 Å². The molecule has 0 unspecified atom stereocenters. The van der Waals surface area contributed by atoms with Crippen LogP contribution >= 0.6 is 0 Å². The van der Waals surface area contributed by atoms with Crippen molar-refractivity contribution in [2.24, 2.45) is 0 Å². The molecular formula is C23H24N2O3S. The smallest absolute Gasteiger partial charge is 0.262 e. The zero-order chi connectivity index (χ0) is 21.0. The molecular weight excluding hydrogens is 384 g/mol. The Morgan fingerprint density at radius 1 is 0.897 bits per heavy atom. The van der Waals surface area contributed by atoms with E-state index in [4.69, 9.17) is 0 Å². The Morgan fingerprint density at radius 2 is 1.55 bits per heavy atom. The van der Waals surface area contributed by atoms with E-state index in [0.717, 1.165) is 11.1 Å². The van der Waals surface area contributed by atoms with Gasteiger partial charge < -0.3 is 5.32 Å². The molecule has 0 aliphatic heterocycles. The first-order valence-electron chi connectivity index (χ1n) is 9.32. The Balaban J connectivity index is 1.71. The highest BCUT2D eigenvalue weighted by molar-refractivity contribution is 7.92. The highest BCUT2D eigenvalue weighted by atomic mass is 32.2. The van der Waals surface area contributed by atoms with Crippen LogP contribution in [-0.2, 0) is 10.0 Å². The van der Waals surface area contributed by atoms with Gasteiger partial charge in [-0.15, -0.1) is 0 Å². The maximum Gasteiger partial charge on any atom is 0.262 e. The quantitative estimate of drug-likeness (QED) is 0.626. The number of nitrogens with one attached hydrogen (secondary N) is 2. The highest BCUT2D eigenvalue weighted by Crippen LogP contribution is 2.21. The van der Waals surface area contributed by atoms with Gasteiger partial charge in [0, 0.05) is 11.3 Å². The molecule has 6 heteroatoms. The number of rotatable bonds is 6. The molecule has 3 aromatic carbocycles. The minimum atomic E-state index is -3.71. The Kier molecular flexibility index (Phi) is 6.03. The summed E-state index contributed by atoms with van der Waals surface area (Å²) in [6.07, 6.45) is 0. The fourth-order valence-electron chi connectivity index (χ4n) is 3.00. The molecule has 5 nitrogen and oxygen atoms in total. The van der Waals surface area contributed by atoms with E-state index in [9.17, 15) is 13.2 Å². The van der Waals surface area contributed by atoms with Gasteiger partial charge >= 0.3 is 0 Å². The molecule has 2 N–H and O–H groups in total. The van der Waals surface area contributed by atoms with Crippen molar-refractivity contribution in [3.05, 3.63) is 95.1 Å². The van der Waals surface area contributed by atoms with E-state index in [0.29, 0.717) is 16.8 Å². The van der Waals surface area contributed by atoms with E-state index in [-0.39, 0.29) is 16.8 Å². The first-order valence-corrected chi connectivity index (χ1v) is 10.8. The van der Waals surface area contributed by atoms with Crippen molar-refractivity contribution in [3.8, 4) is 0 Å². The number of carbonyl (C=O) groups is 1. The molecule has 3 aromatic rings. The third-order valence-electron chi connectivity index (χ3n) is 4.68. The molecule has 0 aliphatic rings. The molecule has 1 amide bonds. The van der Waals surface area contributed by atoms with E-state index in [1.54, 1.807) is 43.3 Å². The molecule has 3 rings (SSSR count). The molecule has 150 valence electrons. The minimum absolute atomic E-state index is 0.133. The van der Waals surface area contributed by atoms with Gasteiger partial charge in [-0.1, -0.05) is 42.5 Å². The van der Waals surface area contributed by atoms with Gasteiger partial charge in [-0.25, -0.2) is 8.42 Å². The van der Waals surface area contributed by atoms with Crippen LogP contribution in [0.4, 0.5) is 5.69 Å². The normalized spacial score (nSPS) is 12.2. The maximum atomic E-state index is 12.7. The van der Waals surface area contributed by atoms with Crippen LogP contribution in [0.5, 0.6) is 0 Å². The Hall–Kier alpha value is -3.12. The van der Waals surface area contributed by atoms with E-state index < -0.39 is 10.0 Å². The van der Waals surface area contributed by atoms with E-state index >= 15 is 0 Å². The van der Waals surface area contributed by atoms with Crippen molar-refractivity contribution in [1.29, 1.82) is 0 Å². The van der Waals surface area contributed by atoms with Crippen LogP contribution in [0.1, 0.15) is 40.0 Å². The van der Waals surface area contributed by atoms with Gasteiger partial charge in [-0.3, -0.25) is 9.52 Å². The summed E-state index contributed by atoms with van der Waals surface area (Å²) in [6, 6.07) is 21.2. The van der Waals surface area contributed by atoms with E-state index in [1.807, 2.05) is 50.2 Å². The summed E-state index contributed by atoms with van der Waals surface area (Å²) in [6.45, 7) is 5.53. The lowest BCUT2D eigenvalue weighted by Crippen LogP contribution is -2.26. The van der Waals surface area contributed by atoms with Gasteiger partial charge in [-0.05, 0) is 67.8 Å². The molecule has 0 saturated carbocycles. The number of amides is 1. The zero-order valence-electron chi connectivity index (χ0n) is 16.6. The largest absolute Gasteiger partial charge is 0.346 e. The lowest BCUT2D eigenvalue weighted by atomic mass is 10.1. The summed E-state index contributed by atoms with van der Waals surface area (Å²) in [4.78, 5) is 12.7. The number of anilines is 1. The summed E-state index contributed by atoms with van der Waals surface area (Å²) in [5.41, 5.74) is 3.42. The second-order valence-electron chi connectivity index (χ2n) is 7.06. The van der Waals surface area contributed by atoms with Gasteiger partial charge in [0.25, 0.3) is 15.9 Å². The third-order valence-corrected chi connectivity index (χ3v) is 6.20. The highest BCUT2D eigenvalue weighted by Gasteiger charge is 2.17. The van der Waals surface area contributed by atoms with Gasteiger partial charge in [0.15, 0.2) is 0 Å². The number of hydrogen-bond donors (Lipinski definition) is 2. The van der Waals surface area contributed by atoms with Gasteiger partial charge in [0.2, 0.25) is 0 Å². The zero-order valence-corrected chi connectivity index (χ0v) is 17.5. The van der Waals surface area contributed by atoms with Crippen molar-refractivity contribution in [3.63, 3.8) is 0 Å². The standard InChI is InChI=1S/C23H24N2O3S/c1-16-9-10-17(2)22(15-16)29(27,28)25-21-13-11-20(12-14-21)23(26)24-18(3)19-7-5-4-6-8-19/h4-15,18,25H,1-3H3,(H,24,26)/t18-/m1/s1. The number of carbonyl (C=O) groups excluding carboxylic acids is 1. The third kappa shape index (κ3) is 5.03. The maximum absolute atomic E-state index is 12.7. The second kappa shape index (κ2) is 8.49. The van der Waals surface area contributed by atoms with Crippen molar-refractivity contribution in [1.82, 2.24) is 5.32 Å². The Morgan fingerprint density at radius 3 is 2.21 bits per heavy atom. The summed E-state index contributed by atoms with van der Waals surface area (Å²) < 4.78 is 28.0. The lowest BCUT2D eigenvalue weighted by Gasteiger charge is -2.15. The number of sulfonamides is 1. The number of benzene rings is 3. The van der Waals surface area contributed by atoms with Gasteiger partial charge in [0.1, 0.15) is 0 Å². The van der Waals surface area contributed by atoms with Crippen molar-refractivity contribution >= 4 is 21.6 Å². The molecule has 0 radical (unpaired) electrons. The number of aryl methyl sites for hydroxylation is 2. The first kappa shape index (κ1) is 20.6. The van der Waals surface area contributed by atoms with Crippen molar-refractivity contribution in [2.75, 3.05) is 4.72 Å². The fourth-order valence-corrected chi connectivity index (χ4v) is 4.39. The molecule has 0 aliphatic carbocycles. The van der Waals surface area contributed by atoms with Crippen LogP contribution in [0.3, 0.4) is 0 Å². The number of hydrogen-bond acceptors (Lipinski definition) is 3. The minimum Gasteiger partial charge on any atom is -0.346 e. The van der Waals surface area contributed by atoms with Crippen LogP contribution in [0, 0.1) is 13.8 Å². The molecule has 0 spiro atoms. The van der Waals surface area contributed by atoms with Gasteiger partial charge in [0.05, 0.1) is 10.9 Å². The van der Waals surface area contributed by atoms with Crippen LogP contribution in [-0.4, -0.2) is 14.3 Å². The predicted molar refractivity (Wildman–Crippen MR) is 115 cm³/mol. The SMILES string of the molecule is Cc1ccc(C)c(S(=O)(=O)Nc2ccc(C(=O)N[C@H](C)c3ccccc3)cc2)c1. The fraction of sp³-hybridized carbons (Fsp3) is 0.174. The molecule has 0 bridgehead atoms. The van der Waals surface area contributed by atoms with Crippen LogP contribution in [0.2, 0.25) is 0 Å². The topological polar surface area (TPSA) is 75.3 Å². The lowest BCUT2D eigenvalue weighted by molar-refractivity contribution is 0.0940. The Bertz CT molecular complexity index is 1110. The molecule has 29 heavy (non-hydrogen) atoms. The van der Waals surface area contributed by atoms with Crippen LogP contribution in [0.25, 0.3) is 0 Å². The second-order valence-corrected chi connectivity index (χ2v) is 8.71. The molecule has 0 saturated heterocycles. The summed E-state index contributed by atoms with van der Waals surface area (Å²) in [5.74, 6) is -0.217. The molecule has 0 heterocycles. The van der Waals surface area contributed by atoms with E-state index in [2.05, 4.69) is 10.0 Å². The summed E-state index contributed by atoms with van der Waals surface area (Å²) in [7, 11) is -3.71. The average Bonchev–Trinajstić information content (AvgIpc) is 2.70.